The minimum absolute atomic E-state index is 0.0814. The zero-order valence-corrected chi connectivity index (χ0v) is 37.4. The SMILES string of the molecule is CC/C=C\C/C=C\C/C=C\C/C=C\CCCCCCCCC(=O)OCC(COCCCCCCCCCCCCCC)OC(=O)CCCCCCCCCCC. The second kappa shape index (κ2) is 47.2. The molecule has 56 heavy (non-hydrogen) atoms. The van der Waals surface area contributed by atoms with Gasteiger partial charge in [-0.3, -0.25) is 9.59 Å². The standard InChI is InChI=1S/C51H92O5/c1-4-7-10-13-16-19-21-23-24-25-26-27-28-29-30-33-35-38-41-44-50(52)55-48-49(56-51(53)45-42-39-36-32-18-15-12-9-6-3)47-54-46-43-40-37-34-31-22-20-17-14-11-8-5-2/h7,10,16,19,23-24,26-27,49H,4-6,8-9,11-15,17-18,20-22,25,28-48H2,1-3H3/b10-7-,19-16-,24-23-,27-26-. The van der Waals surface area contributed by atoms with Gasteiger partial charge in [0.05, 0.1) is 6.61 Å². The highest BCUT2D eigenvalue weighted by Gasteiger charge is 2.17. The van der Waals surface area contributed by atoms with Crippen molar-refractivity contribution in [3.8, 4) is 0 Å². The topological polar surface area (TPSA) is 61.8 Å². The average molecular weight is 785 g/mol. The minimum atomic E-state index is -0.535. The molecule has 0 rings (SSSR count). The van der Waals surface area contributed by atoms with Gasteiger partial charge < -0.3 is 14.2 Å². The number of esters is 2. The van der Waals surface area contributed by atoms with Crippen LogP contribution in [0.15, 0.2) is 48.6 Å². The molecule has 0 aromatic carbocycles. The summed E-state index contributed by atoms with van der Waals surface area (Å²) >= 11 is 0. The van der Waals surface area contributed by atoms with E-state index >= 15 is 0 Å². The van der Waals surface area contributed by atoms with Crippen LogP contribution in [0.2, 0.25) is 0 Å². The fourth-order valence-electron chi connectivity index (χ4n) is 6.80. The van der Waals surface area contributed by atoms with Gasteiger partial charge in [-0.05, 0) is 57.8 Å². The van der Waals surface area contributed by atoms with Crippen molar-refractivity contribution in [1.29, 1.82) is 0 Å². The highest BCUT2D eigenvalue weighted by molar-refractivity contribution is 5.70. The lowest BCUT2D eigenvalue weighted by molar-refractivity contribution is -0.163. The summed E-state index contributed by atoms with van der Waals surface area (Å²) in [7, 11) is 0. The molecule has 0 aromatic rings. The highest BCUT2D eigenvalue weighted by Crippen LogP contribution is 2.14. The summed E-state index contributed by atoms with van der Waals surface area (Å²) in [4.78, 5) is 25.2. The Labute approximate surface area is 348 Å². The first-order valence-corrected chi connectivity index (χ1v) is 24.2. The lowest BCUT2D eigenvalue weighted by Crippen LogP contribution is -2.30. The Morgan fingerprint density at radius 1 is 0.411 bits per heavy atom. The van der Waals surface area contributed by atoms with Crippen LogP contribution in [0.25, 0.3) is 0 Å². The normalized spacial score (nSPS) is 12.6. The van der Waals surface area contributed by atoms with E-state index in [2.05, 4.69) is 69.4 Å². The Hall–Kier alpha value is -2.14. The number of ether oxygens (including phenoxy) is 3. The van der Waals surface area contributed by atoms with Crippen LogP contribution in [0.3, 0.4) is 0 Å². The number of carbonyl (C=O) groups excluding carboxylic acids is 2. The molecule has 0 radical (unpaired) electrons. The van der Waals surface area contributed by atoms with Gasteiger partial charge in [0.2, 0.25) is 0 Å². The highest BCUT2D eigenvalue weighted by atomic mass is 16.6. The van der Waals surface area contributed by atoms with Crippen LogP contribution in [0.4, 0.5) is 0 Å². The van der Waals surface area contributed by atoms with Gasteiger partial charge in [-0.1, -0.05) is 217 Å². The van der Waals surface area contributed by atoms with Gasteiger partial charge in [0.15, 0.2) is 6.10 Å². The van der Waals surface area contributed by atoms with Crippen LogP contribution in [-0.4, -0.2) is 37.9 Å². The molecule has 0 fully saturated rings. The van der Waals surface area contributed by atoms with Gasteiger partial charge in [-0.15, -0.1) is 0 Å². The van der Waals surface area contributed by atoms with Crippen LogP contribution in [-0.2, 0) is 23.8 Å². The van der Waals surface area contributed by atoms with E-state index in [0.29, 0.717) is 19.4 Å². The number of allylic oxidation sites excluding steroid dienone is 8. The molecule has 0 aromatic heterocycles. The third kappa shape index (κ3) is 44.6. The first-order chi connectivity index (χ1) is 27.6. The van der Waals surface area contributed by atoms with Gasteiger partial charge in [0.1, 0.15) is 6.61 Å². The van der Waals surface area contributed by atoms with Crippen LogP contribution in [0.1, 0.15) is 239 Å². The largest absolute Gasteiger partial charge is 0.462 e. The van der Waals surface area contributed by atoms with E-state index in [9.17, 15) is 9.59 Å². The van der Waals surface area contributed by atoms with Crippen molar-refractivity contribution in [3.63, 3.8) is 0 Å². The monoisotopic (exact) mass is 785 g/mol. The zero-order valence-electron chi connectivity index (χ0n) is 37.4. The van der Waals surface area contributed by atoms with E-state index in [1.807, 2.05) is 0 Å². The summed E-state index contributed by atoms with van der Waals surface area (Å²) in [5, 5.41) is 0. The molecule has 0 amide bonds. The predicted octanol–water partition coefficient (Wildman–Crippen LogP) is 16.0. The number of unbranched alkanes of at least 4 members (excludes halogenated alkanes) is 25. The third-order valence-electron chi connectivity index (χ3n) is 10.4. The minimum Gasteiger partial charge on any atom is -0.462 e. The molecule has 0 aliphatic rings. The number of hydrogen-bond donors (Lipinski definition) is 0. The predicted molar refractivity (Wildman–Crippen MR) is 242 cm³/mol. The van der Waals surface area contributed by atoms with Crippen molar-refractivity contribution in [2.75, 3.05) is 19.8 Å². The molecule has 0 heterocycles. The van der Waals surface area contributed by atoms with Crippen molar-refractivity contribution in [2.45, 2.75) is 245 Å². The van der Waals surface area contributed by atoms with Gasteiger partial charge in [0, 0.05) is 19.4 Å². The number of rotatable bonds is 44. The van der Waals surface area contributed by atoms with E-state index in [4.69, 9.17) is 14.2 Å². The van der Waals surface area contributed by atoms with Crippen molar-refractivity contribution < 1.29 is 23.8 Å². The molecule has 0 N–H and O–H groups in total. The van der Waals surface area contributed by atoms with E-state index in [-0.39, 0.29) is 25.2 Å². The maximum absolute atomic E-state index is 12.7. The summed E-state index contributed by atoms with van der Waals surface area (Å²) in [6.07, 6.45) is 56.8. The molecule has 0 aliphatic heterocycles. The average Bonchev–Trinajstić information content (AvgIpc) is 3.20. The van der Waals surface area contributed by atoms with E-state index in [1.165, 1.54) is 135 Å². The van der Waals surface area contributed by atoms with Crippen LogP contribution < -0.4 is 0 Å². The van der Waals surface area contributed by atoms with Crippen LogP contribution >= 0.6 is 0 Å². The molecule has 0 saturated carbocycles. The molecule has 326 valence electrons. The first-order valence-electron chi connectivity index (χ1n) is 24.2. The summed E-state index contributed by atoms with van der Waals surface area (Å²) < 4.78 is 17.3. The smallest absolute Gasteiger partial charge is 0.306 e. The van der Waals surface area contributed by atoms with Gasteiger partial charge in [-0.2, -0.15) is 0 Å². The Kier molecular flexibility index (Phi) is 45.4. The molecule has 1 unspecified atom stereocenters. The molecule has 0 bridgehead atoms. The molecular weight excluding hydrogens is 693 g/mol. The Morgan fingerprint density at radius 3 is 1.29 bits per heavy atom. The van der Waals surface area contributed by atoms with E-state index < -0.39 is 6.10 Å². The lowest BCUT2D eigenvalue weighted by atomic mass is 10.1. The number of carbonyl (C=O) groups is 2. The van der Waals surface area contributed by atoms with Crippen molar-refractivity contribution in [3.05, 3.63) is 48.6 Å². The fraction of sp³-hybridized carbons (Fsp3) is 0.804. The van der Waals surface area contributed by atoms with Crippen molar-refractivity contribution >= 4 is 11.9 Å². The maximum atomic E-state index is 12.7. The molecular formula is C51H92O5. The van der Waals surface area contributed by atoms with Crippen molar-refractivity contribution in [2.24, 2.45) is 0 Å². The Bertz CT molecular complexity index is 935. The lowest BCUT2D eigenvalue weighted by Gasteiger charge is -2.18. The summed E-state index contributed by atoms with van der Waals surface area (Å²) in [5.74, 6) is -0.407. The Morgan fingerprint density at radius 2 is 0.804 bits per heavy atom. The van der Waals surface area contributed by atoms with Crippen molar-refractivity contribution in [1.82, 2.24) is 0 Å². The summed E-state index contributed by atoms with van der Waals surface area (Å²) in [6, 6.07) is 0. The van der Waals surface area contributed by atoms with E-state index in [1.54, 1.807) is 0 Å². The summed E-state index contributed by atoms with van der Waals surface area (Å²) in [5.41, 5.74) is 0. The Balaban J connectivity index is 4.18. The van der Waals surface area contributed by atoms with Crippen LogP contribution in [0.5, 0.6) is 0 Å². The second-order valence-electron chi connectivity index (χ2n) is 16.0. The number of hydrogen-bond acceptors (Lipinski definition) is 5. The fourth-order valence-corrected chi connectivity index (χ4v) is 6.80. The molecule has 5 nitrogen and oxygen atoms in total. The molecule has 1 atom stereocenters. The molecule has 0 spiro atoms. The zero-order chi connectivity index (χ0) is 40.7. The molecule has 0 aliphatic carbocycles. The van der Waals surface area contributed by atoms with Gasteiger partial charge in [0.25, 0.3) is 0 Å². The quantitative estimate of drug-likeness (QED) is 0.0350. The second-order valence-corrected chi connectivity index (χ2v) is 16.0. The first kappa shape index (κ1) is 53.9. The molecule has 5 heteroatoms. The van der Waals surface area contributed by atoms with E-state index in [0.717, 1.165) is 70.6 Å². The maximum Gasteiger partial charge on any atom is 0.306 e. The molecule has 0 saturated heterocycles. The van der Waals surface area contributed by atoms with Crippen LogP contribution in [0, 0.1) is 0 Å². The summed E-state index contributed by atoms with van der Waals surface area (Å²) in [6.45, 7) is 7.71. The van der Waals surface area contributed by atoms with Gasteiger partial charge >= 0.3 is 11.9 Å². The third-order valence-corrected chi connectivity index (χ3v) is 10.4. The van der Waals surface area contributed by atoms with Gasteiger partial charge in [-0.25, -0.2) is 0 Å².